The maximum absolute atomic E-state index is 12.0. The Labute approximate surface area is 401 Å². The molecule has 68 heavy (non-hydrogen) atoms. The molecule has 0 saturated carbocycles. The molecule has 0 fully saturated rings. The summed E-state index contributed by atoms with van der Waals surface area (Å²) in [5, 5.41) is 27.7. The summed E-state index contributed by atoms with van der Waals surface area (Å²) in [6.07, 6.45) is 0. The molecule has 7 aromatic carbocycles. The van der Waals surface area contributed by atoms with Gasteiger partial charge >= 0.3 is 6.85 Å². The van der Waals surface area contributed by atoms with Crippen molar-refractivity contribution in [1.29, 1.82) is 10.5 Å². The number of thiazole rings is 2. The molecule has 11 heteroatoms. The molecular formula is C57H40BN7OS2. The van der Waals surface area contributed by atoms with E-state index in [-0.39, 0.29) is 0 Å². The van der Waals surface area contributed by atoms with E-state index in [2.05, 4.69) is 102 Å². The second-order valence-corrected chi connectivity index (χ2v) is 18.3. The number of hydrogen-bond donors (Lipinski definition) is 1. The second kappa shape index (κ2) is 18.1. The van der Waals surface area contributed by atoms with Crippen molar-refractivity contribution in [2.45, 2.75) is 13.8 Å². The molecule has 0 unspecified atom stereocenters. The summed E-state index contributed by atoms with van der Waals surface area (Å²) in [6, 6.07) is 68.8. The topological polar surface area (TPSA) is 104 Å². The zero-order valence-corrected chi connectivity index (χ0v) is 38.7. The van der Waals surface area contributed by atoms with E-state index in [0.717, 1.165) is 75.9 Å². The van der Waals surface area contributed by atoms with Gasteiger partial charge in [-0.15, -0.1) is 22.7 Å². The van der Waals surface area contributed by atoms with Gasteiger partial charge in [0.2, 0.25) is 0 Å². The maximum atomic E-state index is 12.0. The number of ether oxygens (including phenoxy) is 1. The summed E-state index contributed by atoms with van der Waals surface area (Å²) in [7, 11) is 0. The van der Waals surface area contributed by atoms with Gasteiger partial charge in [-0.05, 0) is 67.9 Å². The van der Waals surface area contributed by atoms with Crippen LogP contribution in [0.25, 0.3) is 64.9 Å². The lowest BCUT2D eigenvalue weighted by Gasteiger charge is -2.23. The molecule has 11 rings (SSSR count). The summed E-state index contributed by atoms with van der Waals surface area (Å²) >= 11 is 2.98. The second-order valence-electron chi connectivity index (χ2n) is 16.3. The van der Waals surface area contributed by atoms with Crippen molar-refractivity contribution < 1.29 is 4.74 Å². The van der Waals surface area contributed by atoms with Gasteiger partial charge in [-0.25, -0.2) is 9.97 Å². The highest BCUT2D eigenvalue weighted by Gasteiger charge is 2.35. The molecule has 8 nitrogen and oxygen atoms in total. The first-order chi connectivity index (χ1) is 33.5. The van der Waals surface area contributed by atoms with Crippen LogP contribution >= 0.6 is 22.7 Å². The first kappa shape index (κ1) is 42.2. The Balaban J connectivity index is 1.49. The van der Waals surface area contributed by atoms with Crippen LogP contribution in [0.3, 0.4) is 0 Å². The number of aromatic nitrogens is 4. The number of hydrogen-bond acceptors (Lipinski definition) is 8. The molecule has 0 spiro atoms. The Morgan fingerprint density at radius 1 is 0.603 bits per heavy atom. The van der Waals surface area contributed by atoms with Crippen molar-refractivity contribution in [3.63, 3.8) is 0 Å². The number of fused-ring (bicyclic) bond motifs is 3. The highest BCUT2D eigenvalue weighted by atomic mass is 32.1. The summed E-state index contributed by atoms with van der Waals surface area (Å²) < 4.78 is 12.5. The highest BCUT2D eigenvalue weighted by molar-refractivity contribution is 7.20. The molecule has 11 aromatic rings. The van der Waals surface area contributed by atoms with E-state index in [9.17, 15) is 10.5 Å². The van der Waals surface area contributed by atoms with Gasteiger partial charge in [0, 0.05) is 27.6 Å². The average Bonchev–Trinajstić information content (AvgIpc) is 4.15. The van der Waals surface area contributed by atoms with Gasteiger partial charge in [0.15, 0.2) is 0 Å². The van der Waals surface area contributed by atoms with Crippen molar-refractivity contribution in [2.75, 3.05) is 12.0 Å². The zero-order valence-electron chi connectivity index (χ0n) is 37.1. The summed E-state index contributed by atoms with van der Waals surface area (Å²) in [5.74, 6) is 0.685. The fourth-order valence-corrected chi connectivity index (χ4v) is 11.2. The molecular weight excluding hydrogens is 874 g/mol. The van der Waals surface area contributed by atoms with E-state index >= 15 is 0 Å². The fourth-order valence-electron chi connectivity index (χ4n) is 9.28. The van der Waals surface area contributed by atoms with Gasteiger partial charge in [-0.3, -0.25) is 10.1 Å². The molecule has 0 aliphatic rings. The molecule has 0 aliphatic heterocycles. The molecule has 1 N–H and O–H groups in total. The molecule has 0 saturated heterocycles. The van der Waals surface area contributed by atoms with Crippen molar-refractivity contribution in [3.8, 4) is 40.4 Å². The lowest BCUT2D eigenvalue weighted by Crippen LogP contribution is -2.53. The first-order valence-corrected chi connectivity index (χ1v) is 24.0. The third-order valence-electron chi connectivity index (χ3n) is 12.2. The smallest absolute Gasteiger partial charge is 0.328 e. The number of aryl methyl sites for hydroxylation is 1. The van der Waals surface area contributed by atoms with E-state index in [1.54, 1.807) is 0 Å². The van der Waals surface area contributed by atoms with Gasteiger partial charge < -0.3 is 9.21 Å². The van der Waals surface area contributed by atoms with Crippen LogP contribution < -0.4 is 31.8 Å². The van der Waals surface area contributed by atoms with Crippen molar-refractivity contribution in [3.05, 3.63) is 214 Å². The van der Waals surface area contributed by atoms with E-state index in [0.29, 0.717) is 44.2 Å². The molecule has 0 bridgehead atoms. The molecule has 324 valence electrons. The van der Waals surface area contributed by atoms with Crippen molar-refractivity contribution in [2.24, 2.45) is 0 Å². The average molecular weight is 914 g/mol. The van der Waals surface area contributed by atoms with Crippen LogP contribution in [0, 0.1) is 29.6 Å². The Hall–Kier alpha value is -8.48. The van der Waals surface area contributed by atoms with Gasteiger partial charge in [-0.1, -0.05) is 150 Å². The number of rotatable bonds is 11. The monoisotopic (exact) mass is 913 g/mol. The minimum absolute atomic E-state index is 0.375. The van der Waals surface area contributed by atoms with Crippen LogP contribution in [0.15, 0.2) is 188 Å². The number of nitrogens with one attached hydrogen (secondary N) is 1. The van der Waals surface area contributed by atoms with Crippen LogP contribution in [-0.2, 0) is 0 Å². The Morgan fingerprint density at radius 2 is 1.13 bits per heavy atom. The number of para-hydroxylation sites is 3. The highest BCUT2D eigenvalue weighted by Crippen LogP contribution is 2.39. The quantitative estimate of drug-likeness (QED) is 0.130. The zero-order chi connectivity index (χ0) is 46.1. The Morgan fingerprint density at radius 3 is 1.71 bits per heavy atom. The summed E-state index contributed by atoms with van der Waals surface area (Å²) in [6.45, 7) is 4.09. The van der Waals surface area contributed by atoms with Crippen LogP contribution in [0.2, 0.25) is 0 Å². The minimum Gasteiger partial charge on any atom is -0.494 e. The molecule has 0 amide bonds. The van der Waals surface area contributed by atoms with Crippen LogP contribution in [0.1, 0.15) is 22.5 Å². The van der Waals surface area contributed by atoms with Crippen molar-refractivity contribution >= 4 is 88.5 Å². The lowest BCUT2D eigenvalue weighted by molar-refractivity contribution is 0.340. The third-order valence-corrected chi connectivity index (χ3v) is 14.3. The number of nitriles is 2. The van der Waals surface area contributed by atoms with Gasteiger partial charge in [0.1, 0.15) is 39.0 Å². The fraction of sp³-hybridized carbons (Fsp3) is 0.0526. The normalized spacial score (nSPS) is 12.2. The van der Waals surface area contributed by atoms with Gasteiger partial charge in [0.25, 0.3) is 0 Å². The molecule has 0 radical (unpaired) electrons. The number of nitrogens with zero attached hydrogens (tertiary/aromatic N) is 6. The standard InChI is InChI=1S/C57H40BN7OS2/c1-3-66-42-28-19-21-38(34-42)52-50-51(55(65(52)63-41-26-11-6-12-27-41)45(36-60)57-62-47-31-16-18-33-49(47)68-57)53(43-29-14-13-20-37(43)2)64(58(39-22-7-4-8-23-39)40-24-9-5-10-25-40)54(50)44(35-59)56-61-46-30-15-17-32-48(46)67-56/h4-34,63H,3H2,1-2H3/b54-44-,55-45-. The van der Waals surface area contributed by atoms with Crippen LogP contribution in [-0.4, -0.2) is 32.6 Å². The van der Waals surface area contributed by atoms with E-state index in [4.69, 9.17) is 14.7 Å². The predicted molar refractivity (Wildman–Crippen MR) is 280 cm³/mol. The van der Waals surface area contributed by atoms with E-state index < -0.39 is 6.85 Å². The van der Waals surface area contributed by atoms with E-state index in [1.807, 2.05) is 127 Å². The van der Waals surface area contributed by atoms with Crippen LogP contribution in [0.4, 0.5) is 5.69 Å². The lowest BCUT2D eigenvalue weighted by atomic mass is 9.50. The molecule has 0 aliphatic carbocycles. The van der Waals surface area contributed by atoms with Crippen LogP contribution in [0.5, 0.6) is 5.75 Å². The minimum atomic E-state index is -0.467. The molecule has 4 aromatic heterocycles. The molecule has 0 atom stereocenters. The van der Waals surface area contributed by atoms with Crippen molar-refractivity contribution in [1.82, 2.24) is 19.1 Å². The molecule has 4 heterocycles. The number of benzene rings is 7. The summed E-state index contributed by atoms with van der Waals surface area (Å²) in [4.78, 5) is 10.4. The maximum Gasteiger partial charge on any atom is 0.328 e. The van der Waals surface area contributed by atoms with E-state index in [1.165, 1.54) is 22.7 Å². The SMILES string of the molecule is CCOc1cccc(-c2c3/c(=C(\C#N)c4nc5ccccc5s4)n(B(c4ccccc4)c4ccccc4)c(-c4ccccc4C)c3/c(=C(\C#N)c3nc4ccccc4s3)n2Nc2ccccc2)c1. The largest absolute Gasteiger partial charge is 0.494 e. The van der Waals surface area contributed by atoms with Gasteiger partial charge in [-0.2, -0.15) is 10.5 Å². The third kappa shape index (κ3) is 7.41. The van der Waals surface area contributed by atoms with Gasteiger partial charge in [0.05, 0.1) is 49.1 Å². The Bertz CT molecular complexity index is 3790. The Kier molecular flexibility index (Phi) is 11.2. The first-order valence-electron chi connectivity index (χ1n) is 22.3. The number of anilines is 1. The predicted octanol–water partition coefficient (Wildman–Crippen LogP) is 10.7. The summed E-state index contributed by atoms with van der Waals surface area (Å²) in [5.41, 5.74) is 13.3.